The highest BCUT2D eigenvalue weighted by molar-refractivity contribution is 9.10. The number of nitrogens with one attached hydrogen (secondary N) is 2. The zero-order chi connectivity index (χ0) is 23.3. The summed E-state index contributed by atoms with van der Waals surface area (Å²) in [4.78, 5) is 32.6. The molecular formula is C21H19BrFN5O4. The number of likely N-dealkylation sites (N-methyl/N-ethyl adjacent to an activating group) is 1. The van der Waals surface area contributed by atoms with Gasteiger partial charge in [0.05, 0.1) is 23.4 Å². The zero-order valence-corrected chi connectivity index (χ0v) is 18.5. The quantitative estimate of drug-likeness (QED) is 0.313. The molecule has 1 heterocycles. The predicted molar refractivity (Wildman–Crippen MR) is 122 cm³/mol. The number of halogens is 2. The standard InChI is InChI=1S/C21H19BrFN5O4/c1-3-19(29)28(2)17-9-13-16(10-18(17)32-7-6-24-21(30)31)25-11-26-20(13)27-15-5-4-12(22)8-14(15)23/h3-5,8-11,24H,1,6-7H2,2H3,(H,30,31)(H,25,26,27). The van der Waals surface area contributed by atoms with Crippen LogP contribution in [-0.2, 0) is 4.79 Å². The maximum atomic E-state index is 14.3. The van der Waals surface area contributed by atoms with Gasteiger partial charge in [0.2, 0.25) is 5.91 Å². The van der Waals surface area contributed by atoms with Crippen LogP contribution in [0.25, 0.3) is 10.9 Å². The largest absolute Gasteiger partial charge is 0.489 e. The SMILES string of the molecule is C=CC(=O)N(C)c1cc2c(Nc3ccc(Br)cc3F)ncnc2cc1OCCNC(=O)O. The molecule has 2 amide bonds. The number of carboxylic acid groups (broad SMARTS) is 1. The first kappa shape index (κ1) is 22.9. The van der Waals surface area contributed by atoms with E-state index < -0.39 is 11.9 Å². The number of rotatable bonds is 8. The van der Waals surface area contributed by atoms with Gasteiger partial charge in [-0.25, -0.2) is 19.2 Å². The van der Waals surface area contributed by atoms with Gasteiger partial charge in [0.1, 0.15) is 30.3 Å². The monoisotopic (exact) mass is 503 g/mol. The lowest BCUT2D eigenvalue weighted by Crippen LogP contribution is -2.27. The van der Waals surface area contributed by atoms with Crippen LogP contribution in [0.1, 0.15) is 0 Å². The zero-order valence-electron chi connectivity index (χ0n) is 16.9. The van der Waals surface area contributed by atoms with Crippen LogP contribution in [-0.4, -0.2) is 47.3 Å². The Morgan fingerprint density at radius 3 is 2.78 bits per heavy atom. The van der Waals surface area contributed by atoms with Crippen LogP contribution >= 0.6 is 15.9 Å². The maximum absolute atomic E-state index is 14.3. The molecule has 0 atom stereocenters. The molecule has 11 heteroatoms. The highest BCUT2D eigenvalue weighted by Gasteiger charge is 2.18. The van der Waals surface area contributed by atoms with Gasteiger partial charge in [0.15, 0.2) is 0 Å². The van der Waals surface area contributed by atoms with Crippen molar-refractivity contribution in [3.63, 3.8) is 0 Å². The molecule has 3 aromatic rings. The summed E-state index contributed by atoms with van der Waals surface area (Å²) in [5, 5.41) is 14.4. The van der Waals surface area contributed by atoms with Crippen molar-refractivity contribution in [1.82, 2.24) is 15.3 Å². The third-order valence-corrected chi connectivity index (χ3v) is 4.90. The van der Waals surface area contributed by atoms with E-state index in [4.69, 9.17) is 9.84 Å². The number of nitrogens with zero attached hydrogens (tertiary/aromatic N) is 3. The molecule has 0 radical (unpaired) electrons. The first-order chi connectivity index (χ1) is 15.3. The number of aromatic nitrogens is 2. The lowest BCUT2D eigenvalue weighted by atomic mass is 10.1. The van der Waals surface area contributed by atoms with Crippen LogP contribution in [0.3, 0.4) is 0 Å². The minimum atomic E-state index is -1.17. The number of fused-ring (bicyclic) bond motifs is 1. The Bertz CT molecular complexity index is 1190. The van der Waals surface area contributed by atoms with E-state index in [-0.39, 0.29) is 24.7 Å². The molecule has 0 aliphatic heterocycles. The van der Waals surface area contributed by atoms with Gasteiger partial charge in [-0.3, -0.25) is 4.79 Å². The van der Waals surface area contributed by atoms with E-state index in [1.165, 1.54) is 17.3 Å². The van der Waals surface area contributed by atoms with Crippen LogP contribution in [0.2, 0.25) is 0 Å². The molecule has 0 saturated heterocycles. The van der Waals surface area contributed by atoms with Crippen molar-refractivity contribution in [2.45, 2.75) is 0 Å². The van der Waals surface area contributed by atoms with Gasteiger partial charge in [0.25, 0.3) is 0 Å². The number of hydrogen-bond donors (Lipinski definition) is 3. The molecule has 3 rings (SSSR count). The van der Waals surface area contributed by atoms with Crippen molar-refractivity contribution in [1.29, 1.82) is 0 Å². The molecule has 0 saturated carbocycles. The Hall–Kier alpha value is -3.73. The van der Waals surface area contributed by atoms with Crippen molar-refractivity contribution < 1.29 is 23.8 Å². The molecule has 166 valence electrons. The molecule has 9 nitrogen and oxygen atoms in total. The van der Waals surface area contributed by atoms with Gasteiger partial charge in [0, 0.05) is 23.0 Å². The van der Waals surface area contributed by atoms with Gasteiger partial charge < -0.3 is 25.4 Å². The molecule has 3 N–H and O–H groups in total. The number of benzene rings is 2. The van der Waals surface area contributed by atoms with Crippen LogP contribution < -0.4 is 20.3 Å². The van der Waals surface area contributed by atoms with E-state index >= 15 is 0 Å². The van der Waals surface area contributed by atoms with Crippen LogP contribution in [0.4, 0.5) is 26.4 Å². The minimum Gasteiger partial charge on any atom is -0.489 e. The first-order valence-corrected chi connectivity index (χ1v) is 10.1. The van der Waals surface area contributed by atoms with Crippen LogP contribution in [0.5, 0.6) is 5.75 Å². The van der Waals surface area contributed by atoms with E-state index in [1.54, 1.807) is 31.3 Å². The summed E-state index contributed by atoms with van der Waals surface area (Å²) >= 11 is 3.22. The lowest BCUT2D eigenvalue weighted by Gasteiger charge is -2.21. The molecule has 0 bridgehead atoms. The Morgan fingerprint density at radius 1 is 1.31 bits per heavy atom. The van der Waals surface area contributed by atoms with Gasteiger partial charge in [-0.2, -0.15) is 0 Å². The van der Waals surface area contributed by atoms with E-state index in [9.17, 15) is 14.0 Å². The molecule has 0 aliphatic carbocycles. The number of ether oxygens (including phenoxy) is 1. The van der Waals surface area contributed by atoms with Crippen molar-refractivity contribution in [3.8, 4) is 5.75 Å². The summed E-state index contributed by atoms with van der Waals surface area (Å²) < 4.78 is 20.6. The summed E-state index contributed by atoms with van der Waals surface area (Å²) in [5.41, 5.74) is 1.07. The molecule has 0 unspecified atom stereocenters. The predicted octanol–water partition coefficient (Wildman–Crippen LogP) is 4.07. The molecule has 0 fully saturated rings. The van der Waals surface area contributed by atoms with Gasteiger partial charge >= 0.3 is 6.09 Å². The number of carbonyl (C=O) groups excluding carboxylic acids is 1. The summed E-state index contributed by atoms with van der Waals surface area (Å²) in [6.07, 6.45) is 1.29. The fourth-order valence-corrected chi connectivity index (χ4v) is 3.18. The summed E-state index contributed by atoms with van der Waals surface area (Å²) in [7, 11) is 1.54. The van der Waals surface area contributed by atoms with Crippen molar-refractivity contribution in [2.24, 2.45) is 0 Å². The normalized spacial score (nSPS) is 10.5. The Balaban J connectivity index is 2.03. The van der Waals surface area contributed by atoms with Gasteiger partial charge in [-0.15, -0.1) is 0 Å². The summed E-state index contributed by atoms with van der Waals surface area (Å²) in [5.74, 6) is -0.225. The topological polar surface area (TPSA) is 117 Å². The molecular weight excluding hydrogens is 485 g/mol. The third kappa shape index (κ3) is 5.30. The maximum Gasteiger partial charge on any atom is 0.404 e. The first-order valence-electron chi connectivity index (χ1n) is 9.30. The molecule has 0 aliphatic rings. The molecule has 32 heavy (non-hydrogen) atoms. The summed E-state index contributed by atoms with van der Waals surface area (Å²) in [6.45, 7) is 3.57. The van der Waals surface area contributed by atoms with E-state index in [0.29, 0.717) is 32.6 Å². The highest BCUT2D eigenvalue weighted by atomic mass is 79.9. The third-order valence-electron chi connectivity index (χ3n) is 4.40. The Morgan fingerprint density at radius 2 is 2.09 bits per heavy atom. The second-order valence-corrected chi connectivity index (χ2v) is 7.41. The highest BCUT2D eigenvalue weighted by Crippen LogP contribution is 2.35. The summed E-state index contributed by atoms with van der Waals surface area (Å²) in [6, 6.07) is 7.81. The van der Waals surface area contributed by atoms with Crippen molar-refractivity contribution >= 4 is 56.0 Å². The number of hydrogen-bond acceptors (Lipinski definition) is 6. The van der Waals surface area contributed by atoms with Gasteiger partial charge in [-0.05, 0) is 30.3 Å². The molecule has 1 aromatic heterocycles. The average Bonchev–Trinajstić information content (AvgIpc) is 2.77. The number of anilines is 3. The second-order valence-electron chi connectivity index (χ2n) is 6.49. The Labute approximate surface area is 191 Å². The van der Waals surface area contributed by atoms with Crippen LogP contribution in [0, 0.1) is 5.82 Å². The van der Waals surface area contributed by atoms with Crippen LogP contribution in [0.15, 0.2) is 53.8 Å². The fourth-order valence-electron chi connectivity index (χ4n) is 2.84. The van der Waals surface area contributed by atoms with E-state index in [0.717, 1.165) is 6.08 Å². The van der Waals surface area contributed by atoms with Crippen molar-refractivity contribution in [2.75, 3.05) is 30.4 Å². The lowest BCUT2D eigenvalue weighted by molar-refractivity contribution is -0.113. The number of amides is 2. The smallest absolute Gasteiger partial charge is 0.404 e. The van der Waals surface area contributed by atoms with E-state index in [1.807, 2.05) is 0 Å². The average molecular weight is 504 g/mol. The van der Waals surface area contributed by atoms with E-state index in [2.05, 4.69) is 43.1 Å². The van der Waals surface area contributed by atoms with Crippen molar-refractivity contribution in [3.05, 3.63) is 59.6 Å². The number of carbonyl (C=O) groups is 2. The molecule has 0 spiro atoms. The second kappa shape index (κ2) is 10.1. The Kier molecular flexibility index (Phi) is 7.21. The van der Waals surface area contributed by atoms with Gasteiger partial charge in [-0.1, -0.05) is 22.5 Å². The minimum absolute atomic E-state index is 0.0290. The molecule has 2 aromatic carbocycles. The fraction of sp³-hybridized carbons (Fsp3) is 0.143.